The minimum Gasteiger partial charge on any atom is -0.494 e. The lowest BCUT2D eigenvalue weighted by Crippen LogP contribution is -2.34. The maximum Gasteiger partial charge on any atom is 0.407 e. The number of rotatable bonds is 11. The molecule has 0 spiro atoms. The van der Waals surface area contributed by atoms with Crippen molar-refractivity contribution in [1.29, 1.82) is 0 Å². The molecule has 0 atom stereocenters. The predicted octanol–water partition coefficient (Wildman–Crippen LogP) is 3.63. The maximum absolute atomic E-state index is 12.0. The van der Waals surface area contributed by atoms with Crippen molar-refractivity contribution in [3.05, 3.63) is 54.1 Å². The molecule has 0 aliphatic rings. The number of alkyl carbamates (subject to hydrolysis) is 1. The third-order valence-corrected chi connectivity index (χ3v) is 4.25. The van der Waals surface area contributed by atoms with Crippen LogP contribution in [0.4, 0.5) is 10.5 Å². The van der Waals surface area contributed by atoms with Crippen LogP contribution in [0.1, 0.15) is 39.7 Å². The molecule has 2 rings (SSSR count). The number of hydrogen-bond donors (Lipinski definition) is 3. The van der Waals surface area contributed by atoms with Gasteiger partial charge in [-0.2, -0.15) is 0 Å². The minimum atomic E-state index is -0.587. The fourth-order valence-corrected chi connectivity index (χ4v) is 2.72. The Bertz CT molecular complexity index is 937. The van der Waals surface area contributed by atoms with E-state index in [1.54, 1.807) is 57.2 Å². The number of anilines is 1. The third kappa shape index (κ3) is 10.7. The summed E-state index contributed by atoms with van der Waals surface area (Å²) in [5.74, 6) is 0.851. The molecule has 2 aromatic carbocycles. The van der Waals surface area contributed by atoms with Gasteiger partial charge in [0.1, 0.15) is 17.1 Å². The summed E-state index contributed by atoms with van der Waals surface area (Å²) in [5.41, 5.74) is 0.909. The summed E-state index contributed by atoms with van der Waals surface area (Å²) in [4.78, 5) is 35.7. The van der Waals surface area contributed by atoms with Gasteiger partial charge >= 0.3 is 6.09 Å². The lowest BCUT2D eigenvalue weighted by atomic mass is 10.2. The molecular weight excluding hydrogens is 438 g/mol. The Hall–Kier alpha value is -3.75. The van der Waals surface area contributed by atoms with Gasteiger partial charge < -0.3 is 30.2 Å². The zero-order chi connectivity index (χ0) is 25.0. The number of carbonyl (C=O) groups excluding carboxylic acids is 3. The first-order chi connectivity index (χ1) is 16.1. The molecule has 3 N–H and O–H groups in total. The Morgan fingerprint density at radius 3 is 2.03 bits per heavy atom. The second-order valence-electron chi connectivity index (χ2n) is 8.39. The number of carbonyl (C=O) groups is 3. The zero-order valence-electron chi connectivity index (χ0n) is 20.1. The van der Waals surface area contributed by atoms with Gasteiger partial charge in [0.2, 0.25) is 5.91 Å². The van der Waals surface area contributed by atoms with Crippen LogP contribution in [0.5, 0.6) is 11.5 Å². The average molecular weight is 472 g/mol. The number of nitrogens with one attached hydrogen (secondary N) is 3. The van der Waals surface area contributed by atoms with Crippen LogP contribution in [0.3, 0.4) is 0 Å². The van der Waals surface area contributed by atoms with Crippen molar-refractivity contribution in [2.75, 3.05) is 25.1 Å². The predicted molar refractivity (Wildman–Crippen MR) is 129 cm³/mol. The van der Waals surface area contributed by atoms with E-state index in [0.29, 0.717) is 24.6 Å². The van der Waals surface area contributed by atoms with E-state index in [0.717, 1.165) is 11.3 Å². The summed E-state index contributed by atoms with van der Waals surface area (Å²) in [6.07, 6.45) is -0.442. The highest BCUT2D eigenvalue weighted by atomic mass is 16.6. The molecule has 0 unspecified atom stereocenters. The first kappa shape index (κ1) is 26.5. The van der Waals surface area contributed by atoms with Gasteiger partial charge in [0.05, 0.1) is 6.61 Å². The number of ether oxygens (including phenoxy) is 3. The topological polar surface area (TPSA) is 115 Å². The highest BCUT2D eigenvalue weighted by Crippen LogP contribution is 2.17. The highest BCUT2D eigenvalue weighted by molar-refractivity contribution is 5.91. The van der Waals surface area contributed by atoms with E-state index < -0.39 is 11.7 Å². The van der Waals surface area contributed by atoms with E-state index in [1.165, 1.54) is 0 Å². The van der Waals surface area contributed by atoms with Gasteiger partial charge in [-0.05, 0) is 69.7 Å². The molecule has 0 radical (unpaired) electrons. The summed E-state index contributed by atoms with van der Waals surface area (Å²) in [6, 6.07) is 14.2. The quantitative estimate of drug-likeness (QED) is 0.461. The largest absolute Gasteiger partial charge is 0.494 e. The molecule has 3 amide bonds. The molecule has 0 aromatic heterocycles. The van der Waals surface area contributed by atoms with E-state index in [2.05, 4.69) is 16.0 Å². The van der Waals surface area contributed by atoms with E-state index >= 15 is 0 Å². The number of benzene rings is 2. The Labute approximate surface area is 200 Å². The Morgan fingerprint density at radius 2 is 1.44 bits per heavy atom. The zero-order valence-corrected chi connectivity index (χ0v) is 20.1. The molecule has 0 heterocycles. The molecule has 9 nitrogen and oxygen atoms in total. The van der Waals surface area contributed by atoms with Crippen molar-refractivity contribution >= 4 is 23.6 Å². The van der Waals surface area contributed by atoms with Crippen molar-refractivity contribution in [2.24, 2.45) is 0 Å². The molecule has 2 aromatic rings. The maximum atomic E-state index is 12.0. The van der Waals surface area contributed by atoms with Crippen LogP contribution in [-0.2, 0) is 20.9 Å². The standard InChI is InChI=1S/C25H33N3O6/c1-5-32-20-10-12-21(13-11-20)33-17-23(30)27-16-18-6-8-19(9-7-18)28-22(29)14-15-26-24(31)34-25(2,3)4/h6-13H,5,14-17H2,1-4H3,(H,26,31)(H,27,30)(H,28,29). The molecule has 34 heavy (non-hydrogen) atoms. The normalized spacial score (nSPS) is 10.7. The SMILES string of the molecule is CCOc1ccc(OCC(=O)NCc2ccc(NC(=O)CCNC(=O)OC(C)(C)C)cc2)cc1. The summed E-state index contributed by atoms with van der Waals surface area (Å²) >= 11 is 0. The van der Waals surface area contributed by atoms with E-state index in [4.69, 9.17) is 14.2 Å². The molecule has 0 saturated carbocycles. The van der Waals surface area contributed by atoms with Crippen molar-refractivity contribution in [3.8, 4) is 11.5 Å². The van der Waals surface area contributed by atoms with Crippen molar-refractivity contribution in [2.45, 2.75) is 46.3 Å². The van der Waals surface area contributed by atoms with Crippen LogP contribution in [0.25, 0.3) is 0 Å². The van der Waals surface area contributed by atoms with Gasteiger partial charge in [0, 0.05) is 25.2 Å². The highest BCUT2D eigenvalue weighted by Gasteiger charge is 2.15. The van der Waals surface area contributed by atoms with Crippen molar-refractivity contribution in [3.63, 3.8) is 0 Å². The molecule has 0 saturated heterocycles. The van der Waals surface area contributed by atoms with Crippen LogP contribution in [0.15, 0.2) is 48.5 Å². The van der Waals surface area contributed by atoms with Gasteiger partial charge in [0.15, 0.2) is 6.61 Å². The fraction of sp³-hybridized carbons (Fsp3) is 0.400. The third-order valence-electron chi connectivity index (χ3n) is 4.25. The Kier molecular flexibility index (Phi) is 10.2. The van der Waals surface area contributed by atoms with Crippen molar-refractivity contribution in [1.82, 2.24) is 10.6 Å². The van der Waals surface area contributed by atoms with Crippen LogP contribution in [0.2, 0.25) is 0 Å². The molecule has 0 bridgehead atoms. The van der Waals surface area contributed by atoms with Gasteiger partial charge in [0.25, 0.3) is 5.91 Å². The van der Waals surface area contributed by atoms with Crippen LogP contribution < -0.4 is 25.4 Å². The molecule has 184 valence electrons. The lowest BCUT2D eigenvalue weighted by Gasteiger charge is -2.19. The molecule has 0 aliphatic heterocycles. The summed E-state index contributed by atoms with van der Waals surface area (Å²) in [6.45, 7) is 8.21. The summed E-state index contributed by atoms with van der Waals surface area (Å²) < 4.78 is 16.0. The first-order valence-corrected chi connectivity index (χ1v) is 11.1. The lowest BCUT2D eigenvalue weighted by molar-refractivity contribution is -0.123. The fourth-order valence-electron chi connectivity index (χ4n) is 2.72. The molecular formula is C25H33N3O6. The second-order valence-corrected chi connectivity index (χ2v) is 8.39. The van der Waals surface area contributed by atoms with Crippen LogP contribution >= 0.6 is 0 Å². The van der Waals surface area contributed by atoms with Gasteiger partial charge in [-0.15, -0.1) is 0 Å². The Balaban J connectivity index is 1.66. The second kappa shape index (κ2) is 13.1. The average Bonchev–Trinajstić information content (AvgIpc) is 2.77. The van der Waals surface area contributed by atoms with Crippen molar-refractivity contribution < 1.29 is 28.6 Å². The van der Waals surface area contributed by atoms with Crippen LogP contribution in [-0.4, -0.2) is 43.3 Å². The van der Waals surface area contributed by atoms with Gasteiger partial charge in [-0.1, -0.05) is 12.1 Å². The van der Waals surface area contributed by atoms with E-state index in [9.17, 15) is 14.4 Å². The molecule has 0 fully saturated rings. The number of hydrogen-bond acceptors (Lipinski definition) is 6. The van der Waals surface area contributed by atoms with Gasteiger partial charge in [-0.25, -0.2) is 4.79 Å². The molecule has 9 heteroatoms. The van der Waals surface area contributed by atoms with E-state index in [-0.39, 0.29) is 31.4 Å². The smallest absolute Gasteiger partial charge is 0.407 e. The van der Waals surface area contributed by atoms with Crippen LogP contribution in [0, 0.1) is 0 Å². The van der Waals surface area contributed by atoms with E-state index in [1.807, 2.05) is 19.1 Å². The summed E-state index contributed by atoms with van der Waals surface area (Å²) in [7, 11) is 0. The minimum absolute atomic E-state index is 0.0978. The molecule has 0 aliphatic carbocycles. The van der Waals surface area contributed by atoms with Gasteiger partial charge in [-0.3, -0.25) is 9.59 Å². The first-order valence-electron chi connectivity index (χ1n) is 11.1. The number of amides is 3. The Morgan fingerprint density at radius 1 is 0.824 bits per heavy atom. The summed E-state index contributed by atoms with van der Waals surface area (Å²) in [5, 5.41) is 8.09. The monoisotopic (exact) mass is 471 g/mol.